The van der Waals surface area contributed by atoms with Gasteiger partial charge < -0.3 is 5.11 Å². The zero-order valence-corrected chi connectivity index (χ0v) is 22.9. The van der Waals surface area contributed by atoms with Crippen molar-refractivity contribution in [2.75, 3.05) is 4.90 Å². The quantitative estimate of drug-likeness (QED) is 0.169. The highest BCUT2D eigenvalue weighted by Gasteiger charge is 2.48. The second-order valence-corrected chi connectivity index (χ2v) is 11.9. The van der Waals surface area contributed by atoms with E-state index < -0.39 is 17.7 Å². The van der Waals surface area contributed by atoms with E-state index in [1.54, 1.807) is 24.3 Å². The summed E-state index contributed by atoms with van der Waals surface area (Å²) in [6.45, 7) is 10.4. The first-order valence-corrected chi connectivity index (χ1v) is 13.2. The predicted molar refractivity (Wildman–Crippen MR) is 150 cm³/mol. The molecule has 0 spiro atoms. The number of benzene rings is 3. The van der Waals surface area contributed by atoms with Gasteiger partial charge in [0.25, 0.3) is 5.78 Å². The molecule has 0 radical (unpaired) electrons. The van der Waals surface area contributed by atoms with Crippen molar-refractivity contribution in [3.05, 3.63) is 99.1 Å². The van der Waals surface area contributed by atoms with Crippen molar-refractivity contribution < 1.29 is 14.7 Å². The first-order valence-electron chi connectivity index (χ1n) is 12.0. The van der Waals surface area contributed by atoms with Crippen LogP contribution in [0.2, 0.25) is 5.02 Å². The van der Waals surface area contributed by atoms with Crippen molar-refractivity contribution in [1.82, 2.24) is 4.98 Å². The maximum Gasteiger partial charge on any atom is 0.301 e. The van der Waals surface area contributed by atoms with Crippen LogP contribution in [-0.2, 0) is 15.0 Å². The molecule has 1 amide bonds. The van der Waals surface area contributed by atoms with Crippen molar-refractivity contribution in [3.63, 3.8) is 0 Å². The Kier molecular flexibility index (Phi) is 6.21. The SMILES string of the molecule is Cc1cc(C)c2nc(N3C(=O)C(=O)C(=C(O)c4ccc(Cl)cc4)[C@@H]3c3ccc(C(C)(C)C)cc3)sc2c1. The van der Waals surface area contributed by atoms with Crippen LogP contribution in [0, 0.1) is 13.8 Å². The average molecular weight is 531 g/mol. The number of rotatable bonds is 3. The smallest absolute Gasteiger partial charge is 0.301 e. The van der Waals surface area contributed by atoms with Gasteiger partial charge in [0.2, 0.25) is 0 Å². The number of hydrogen-bond donors (Lipinski definition) is 1. The van der Waals surface area contributed by atoms with Crippen LogP contribution in [0.1, 0.15) is 54.6 Å². The monoisotopic (exact) mass is 530 g/mol. The Bertz CT molecular complexity index is 1580. The first kappa shape index (κ1) is 25.2. The third-order valence-corrected chi connectivity index (χ3v) is 7.93. The molecule has 1 atom stereocenters. The summed E-state index contributed by atoms with van der Waals surface area (Å²) >= 11 is 7.40. The lowest BCUT2D eigenvalue weighted by molar-refractivity contribution is -0.132. The Morgan fingerprint density at radius 1 is 1.00 bits per heavy atom. The molecule has 0 saturated carbocycles. The largest absolute Gasteiger partial charge is 0.507 e. The van der Waals surface area contributed by atoms with Crippen LogP contribution in [0.3, 0.4) is 0 Å². The van der Waals surface area contributed by atoms with Gasteiger partial charge in [-0.3, -0.25) is 14.5 Å². The third kappa shape index (κ3) is 4.45. The number of halogens is 1. The van der Waals surface area contributed by atoms with Gasteiger partial charge in [0, 0.05) is 10.6 Å². The molecular weight excluding hydrogens is 504 g/mol. The zero-order valence-electron chi connectivity index (χ0n) is 21.3. The van der Waals surface area contributed by atoms with Crippen LogP contribution in [-0.4, -0.2) is 21.8 Å². The van der Waals surface area contributed by atoms with Gasteiger partial charge in [0.05, 0.1) is 21.8 Å². The van der Waals surface area contributed by atoms with E-state index in [9.17, 15) is 14.7 Å². The maximum atomic E-state index is 13.5. The molecular formula is C30H27ClN2O3S. The molecule has 1 fully saturated rings. The summed E-state index contributed by atoms with van der Waals surface area (Å²) in [5, 5.41) is 12.2. The van der Waals surface area contributed by atoms with E-state index in [0.29, 0.717) is 15.7 Å². The van der Waals surface area contributed by atoms with Gasteiger partial charge in [-0.25, -0.2) is 4.98 Å². The highest BCUT2D eigenvalue weighted by molar-refractivity contribution is 7.22. The minimum Gasteiger partial charge on any atom is -0.507 e. The topological polar surface area (TPSA) is 70.5 Å². The number of anilines is 1. The lowest BCUT2D eigenvalue weighted by atomic mass is 9.85. The Hall–Kier alpha value is -3.48. The fourth-order valence-electron chi connectivity index (χ4n) is 4.74. The van der Waals surface area contributed by atoms with Gasteiger partial charge >= 0.3 is 5.91 Å². The highest BCUT2D eigenvalue weighted by atomic mass is 35.5. The fraction of sp³-hybridized carbons (Fsp3) is 0.233. The van der Waals surface area contributed by atoms with E-state index in [-0.39, 0.29) is 16.7 Å². The number of carbonyl (C=O) groups excluding carboxylic acids is 2. The summed E-state index contributed by atoms with van der Waals surface area (Å²) in [4.78, 5) is 33.2. The molecule has 5 nitrogen and oxygen atoms in total. The third-order valence-electron chi connectivity index (χ3n) is 6.68. The Morgan fingerprint density at radius 2 is 1.65 bits per heavy atom. The van der Waals surface area contributed by atoms with Crippen LogP contribution < -0.4 is 4.90 Å². The van der Waals surface area contributed by atoms with Crippen molar-refractivity contribution in [1.29, 1.82) is 0 Å². The summed E-state index contributed by atoms with van der Waals surface area (Å²) in [6.07, 6.45) is 0. The Morgan fingerprint density at radius 3 is 2.27 bits per heavy atom. The molecule has 0 bridgehead atoms. The number of Topliss-reactive ketones (excluding diaryl/α,β-unsaturated/α-hetero) is 1. The average Bonchev–Trinajstić information content (AvgIpc) is 3.37. The van der Waals surface area contributed by atoms with Gasteiger partial charge in [-0.1, -0.05) is 74.0 Å². The van der Waals surface area contributed by atoms with Crippen molar-refractivity contribution in [3.8, 4) is 0 Å². The second kappa shape index (κ2) is 9.12. The number of aliphatic hydroxyl groups is 1. The predicted octanol–water partition coefficient (Wildman–Crippen LogP) is 7.49. The van der Waals surface area contributed by atoms with E-state index in [1.807, 2.05) is 50.2 Å². The van der Waals surface area contributed by atoms with E-state index in [2.05, 4.69) is 20.8 Å². The van der Waals surface area contributed by atoms with Crippen LogP contribution in [0.15, 0.2) is 66.2 Å². The second-order valence-electron chi connectivity index (χ2n) is 10.5. The molecule has 1 aromatic heterocycles. The number of carbonyl (C=O) groups is 2. The molecule has 1 aliphatic rings. The van der Waals surface area contributed by atoms with Crippen molar-refractivity contribution in [2.45, 2.75) is 46.1 Å². The van der Waals surface area contributed by atoms with Crippen LogP contribution in [0.4, 0.5) is 5.13 Å². The molecule has 37 heavy (non-hydrogen) atoms. The summed E-state index contributed by atoms with van der Waals surface area (Å²) in [5.74, 6) is -1.70. The minimum atomic E-state index is -0.827. The summed E-state index contributed by atoms with van der Waals surface area (Å²) in [5.41, 5.74) is 5.11. The van der Waals surface area contributed by atoms with Crippen LogP contribution in [0.25, 0.3) is 16.0 Å². The Labute approximate surface area is 225 Å². The van der Waals surface area contributed by atoms with Gasteiger partial charge in [-0.15, -0.1) is 0 Å². The normalized spacial score (nSPS) is 17.7. The molecule has 0 unspecified atom stereocenters. The van der Waals surface area contributed by atoms with Gasteiger partial charge in [-0.2, -0.15) is 0 Å². The standard InChI is InChI=1S/C30H27ClN2O3S/c1-16-14-17(2)24-22(15-16)37-29(32-24)33-25(18-6-10-20(11-7-18)30(3,4)5)23(27(35)28(33)36)26(34)19-8-12-21(31)13-9-19/h6-15,25,34H,1-5H3/t25-/m0/s1. The van der Waals surface area contributed by atoms with E-state index in [4.69, 9.17) is 16.6 Å². The molecule has 1 aliphatic heterocycles. The minimum absolute atomic E-state index is 0.0305. The molecule has 2 heterocycles. The van der Waals surface area contributed by atoms with Crippen molar-refractivity contribution in [2.24, 2.45) is 0 Å². The van der Waals surface area contributed by atoms with Crippen molar-refractivity contribution >= 4 is 55.7 Å². The van der Waals surface area contributed by atoms with Crippen LogP contribution in [0.5, 0.6) is 0 Å². The number of aryl methyl sites for hydroxylation is 2. The molecule has 3 aromatic carbocycles. The lowest BCUT2D eigenvalue weighted by Crippen LogP contribution is -2.29. The van der Waals surface area contributed by atoms with E-state index in [0.717, 1.165) is 32.5 Å². The zero-order chi connectivity index (χ0) is 26.6. The molecule has 1 saturated heterocycles. The number of nitrogens with zero attached hydrogens (tertiary/aromatic N) is 2. The number of fused-ring (bicyclic) bond motifs is 1. The highest BCUT2D eigenvalue weighted by Crippen LogP contribution is 2.45. The fourth-order valence-corrected chi connectivity index (χ4v) is 6.03. The first-order chi connectivity index (χ1) is 17.5. The number of aromatic nitrogens is 1. The molecule has 5 rings (SSSR count). The summed E-state index contributed by atoms with van der Waals surface area (Å²) in [6, 6.07) is 17.6. The number of ketones is 1. The van der Waals surface area contributed by atoms with E-state index >= 15 is 0 Å². The number of aliphatic hydroxyl groups excluding tert-OH is 1. The Balaban J connectivity index is 1.73. The molecule has 0 aliphatic carbocycles. The lowest BCUT2D eigenvalue weighted by Gasteiger charge is -2.24. The van der Waals surface area contributed by atoms with Gasteiger partial charge in [0.1, 0.15) is 5.76 Å². The molecule has 1 N–H and O–H groups in total. The number of thiazole rings is 1. The summed E-state index contributed by atoms with van der Waals surface area (Å²) < 4.78 is 0.939. The number of amides is 1. The van der Waals surface area contributed by atoms with E-state index in [1.165, 1.54) is 16.2 Å². The maximum absolute atomic E-state index is 13.5. The molecule has 7 heteroatoms. The molecule has 4 aromatic rings. The number of hydrogen-bond acceptors (Lipinski definition) is 5. The summed E-state index contributed by atoms with van der Waals surface area (Å²) in [7, 11) is 0. The van der Waals surface area contributed by atoms with Crippen LogP contribution >= 0.6 is 22.9 Å². The molecule has 188 valence electrons. The van der Waals surface area contributed by atoms with Gasteiger partial charge in [0.15, 0.2) is 5.13 Å². The van der Waals surface area contributed by atoms with Gasteiger partial charge in [-0.05, 0) is 71.8 Å².